The van der Waals surface area contributed by atoms with E-state index in [0.29, 0.717) is 52.1 Å². The lowest BCUT2D eigenvalue weighted by atomic mass is 9.87. The Morgan fingerprint density at radius 3 is 2.50 bits per heavy atom. The lowest BCUT2D eigenvalue weighted by Crippen LogP contribution is -2.33. The van der Waals surface area contributed by atoms with Gasteiger partial charge in [0.2, 0.25) is 10.0 Å². The van der Waals surface area contributed by atoms with E-state index in [9.17, 15) is 26.4 Å². The number of benzene rings is 3. The van der Waals surface area contributed by atoms with E-state index in [1.165, 1.54) is 13.1 Å². The number of carbonyl (C=O) groups is 1. The molecule has 3 aromatic carbocycles. The van der Waals surface area contributed by atoms with Gasteiger partial charge in [-0.05, 0) is 78.9 Å². The number of alkyl halides is 3. The van der Waals surface area contributed by atoms with Gasteiger partial charge in [0.15, 0.2) is 6.61 Å². The molecule has 0 aliphatic heterocycles. The van der Waals surface area contributed by atoms with Gasteiger partial charge in [-0.25, -0.2) is 13.2 Å². The summed E-state index contributed by atoms with van der Waals surface area (Å²) in [6, 6.07) is 13.6. The summed E-state index contributed by atoms with van der Waals surface area (Å²) in [7, 11) is -3.02. The molecular formula is C26H23ClF3NO5S2. The van der Waals surface area contributed by atoms with E-state index in [1.54, 1.807) is 42.5 Å². The Balaban J connectivity index is 1.71. The predicted molar refractivity (Wildman–Crippen MR) is 137 cm³/mol. The molecule has 0 spiro atoms. The number of fused-ring (bicyclic) bond motifs is 1. The van der Waals surface area contributed by atoms with Gasteiger partial charge in [0.1, 0.15) is 5.75 Å². The van der Waals surface area contributed by atoms with Crippen molar-refractivity contribution >= 4 is 39.4 Å². The van der Waals surface area contributed by atoms with Crippen molar-refractivity contribution < 1.29 is 36.2 Å². The number of carboxylic acids is 1. The van der Waals surface area contributed by atoms with Crippen LogP contribution in [0.4, 0.5) is 13.2 Å². The van der Waals surface area contributed by atoms with E-state index in [1.807, 2.05) is 0 Å². The van der Waals surface area contributed by atoms with Crippen LogP contribution in [-0.4, -0.2) is 37.5 Å². The molecule has 6 nitrogen and oxygen atoms in total. The molecule has 0 amide bonds. The first-order chi connectivity index (χ1) is 17.9. The third-order valence-corrected chi connectivity index (χ3v) is 9.23. The van der Waals surface area contributed by atoms with Crippen LogP contribution in [-0.2, 0) is 27.4 Å². The van der Waals surface area contributed by atoms with Crippen molar-refractivity contribution in [3.05, 3.63) is 82.4 Å². The first kappa shape index (κ1) is 28.3. The fourth-order valence-corrected chi connectivity index (χ4v) is 6.91. The third kappa shape index (κ3) is 6.28. The van der Waals surface area contributed by atoms with Crippen LogP contribution in [0, 0.1) is 0 Å². The van der Waals surface area contributed by atoms with Crippen molar-refractivity contribution in [2.45, 2.75) is 46.2 Å². The van der Waals surface area contributed by atoms with Crippen molar-refractivity contribution in [1.29, 1.82) is 0 Å². The van der Waals surface area contributed by atoms with Gasteiger partial charge in [0.25, 0.3) is 0 Å². The van der Waals surface area contributed by atoms with Gasteiger partial charge in [-0.1, -0.05) is 35.5 Å². The van der Waals surface area contributed by atoms with E-state index in [0.717, 1.165) is 22.1 Å². The normalized spacial score (nSPS) is 15.8. The minimum atomic E-state index is -4.76. The number of rotatable bonds is 8. The summed E-state index contributed by atoms with van der Waals surface area (Å²) in [4.78, 5) is 11.2. The summed E-state index contributed by atoms with van der Waals surface area (Å²) in [5.74, 6) is -0.799. The average Bonchev–Trinajstić information content (AvgIpc) is 2.87. The molecule has 38 heavy (non-hydrogen) atoms. The monoisotopic (exact) mass is 585 g/mol. The van der Waals surface area contributed by atoms with E-state index in [4.69, 9.17) is 21.4 Å². The quantitative estimate of drug-likeness (QED) is 0.318. The molecule has 1 unspecified atom stereocenters. The van der Waals surface area contributed by atoms with Gasteiger partial charge in [-0.2, -0.15) is 17.5 Å². The Labute approximate surface area is 227 Å². The molecule has 202 valence electrons. The Morgan fingerprint density at radius 1 is 1.13 bits per heavy atom. The Morgan fingerprint density at radius 2 is 1.84 bits per heavy atom. The number of carboxylic acid groups (broad SMARTS) is 1. The van der Waals surface area contributed by atoms with Crippen LogP contribution in [0.5, 0.6) is 5.75 Å². The molecular weight excluding hydrogens is 563 g/mol. The second-order valence-corrected chi connectivity index (χ2v) is 12.3. The standard InChI is InChI=1S/C26H23ClF3NO5S2/c1-31(23-6-2-5-22-21(23)4-3-7-24(22)36-15-25(32)33)38(34,35)20-13-16(26(28,29)30)12-19(14-20)37-18-10-8-17(27)9-11-18/h3-4,7-14,23H,2,5-6,15H2,1H3,(H,32,33). The second kappa shape index (κ2) is 11.2. The van der Waals surface area contributed by atoms with Crippen LogP contribution in [0.2, 0.25) is 5.02 Å². The first-order valence-electron chi connectivity index (χ1n) is 11.5. The molecule has 0 heterocycles. The maximum absolute atomic E-state index is 13.8. The van der Waals surface area contributed by atoms with E-state index in [2.05, 4.69) is 0 Å². The number of sulfonamides is 1. The lowest BCUT2D eigenvalue weighted by Gasteiger charge is -2.33. The van der Waals surface area contributed by atoms with Crippen molar-refractivity contribution in [3.63, 3.8) is 0 Å². The molecule has 3 aromatic rings. The summed E-state index contributed by atoms with van der Waals surface area (Å²) in [5, 5.41) is 9.42. The molecule has 12 heteroatoms. The van der Waals surface area contributed by atoms with Gasteiger partial charge in [-0.15, -0.1) is 0 Å². The number of hydrogen-bond acceptors (Lipinski definition) is 5. The first-order valence-corrected chi connectivity index (χ1v) is 14.1. The zero-order chi connectivity index (χ0) is 27.7. The summed E-state index contributed by atoms with van der Waals surface area (Å²) >= 11 is 6.89. The summed E-state index contributed by atoms with van der Waals surface area (Å²) in [6.45, 7) is -0.548. The highest BCUT2D eigenvalue weighted by Crippen LogP contribution is 2.42. The van der Waals surface area contributed by atoms with Crippen LogP contribution in [0.15, 0.2) is 75.4 Å². The molecule has 1 aliphatic carbocycles. The van der Waals surface area contributed by atoms with Crippen molar-refractivity contribution in [1.82, 2.24) is 4.31 Å². The van der Waals surface area contributed by atoms with Crippen LogP contribution in [0.1, 0.15) is 35.6 Å². The zero-order valence-electron chi connectivity index (χ0n) is 20.0. The van der Waals surface area contributed by atoms with E-state index < -0.39 is 45.3 Å². The zero-order valence-corrected chi connectivity index (χ0v) is 22.4. The lowest BCUT2D eigenvalue weighted by molar-refractivity contribution is -0.139. The highest BCUT2D eigenvalue weighted by molar-refractivity contribution is 7.99. The number of halogens is 4. The molecule has 0 saturated carbocycles. The fourth-order valence-electron chi connectivity index (χ4n) is 4.36. The van der Waals surface area contributed by atoms with Gasteiger partial charge < -0.3 is 9.84 Å². The van der Waals surface area contributed by atoms with Crippen molar-refractivity contribution in [2.75, 3.05) is 13.7 Å². The SMILES string of the molecule is CN(C1CCCc2c(OCC(=O)O)cccc21)S(=O)(=O)c1cc(Sc2ccc(Cl)cc2)cc(C(F)(F)F)c1. The second-order valence-electron chi connectivity index (χ2n) is 8.68. The van der Waals surface area contributed by atoms with Gasteiger partial charge >= 0.3 is 12.1 Å². The van der Waals surface area contributed by atoms with Crippen LogP contribution >= 0.6 is 23.4 Å². The van der Waals surface area contributed by atoms with Gasteiger partial charge in [0.05, 0.1) is 16.5 Å². The van der Waals surface area contributed by atoms with Crippen molar-refractivity contribution in [3.8, 4) is 5.75 Å². The van der Waals surface area contributed by atoms with Crippen LogP contribution < -0.4 is 4.74 Å². The Hall–Kier alpha value is -2.73. The minimum absolute atomic E-state index is 0.113. The molecule has 0 fully saturated rings. The van der Waals surface area contributed by atoms with E-state index in [-0.39, 0.29) is 4.90 Å². The molecule has 4 rings (SSSR count). The Bertz CT molecular complexity index is 1450. The van der Waals surface area contributed by atoms with Gasteiger partial charge in [0, 0.05) is 21.9 Å². The van der Waals surface area contributed by atoms with Crippen LogP contribution in [0.25, 0.3) is 0 Å². The minimum Gasteiger partial charge on any atom is -0.482 e. The summed E-state index contributed by atoms with van der Waals surface area (Å²) in [6.07, 6.45) is -3.17. The molecule has 0 aromatic heterocycles. The smallest absolute Gasteiger partial charge is 0.416 e. The highest BCUT2D eigenvalue weighted by Gasteiger charge is 2.36. The topological polar surface area (TPSA) is 83.9 Å². The van der Waals surface area contributed by atoms with Gasteiger partial charge in [-0.3, -0.25) is 0 Å². The molecule has 0 saturated heterocycles. The average molecular weight is 586 g/mol. The maximum atomic E-state index is 13.8. The molecule has 1 atom stereocenters. The predicted octanol–water partition coefficient (Wildman–Crippen LogP) is 6.67. The summed E-state index contributed by atoms with van der Waals surface area (Å²) in [5.41, 5.74) is 0.250. The summed E-state index contributed by atoms with van der Waals surface area (Å²) < 4.78 is 75.2. The van der Waals surface area contributed by atoms with E-state index >= 15 is 0 Å². The number of hydrogen-bond donors (Lipinski definition) is 1. The number of nitrogens with zero attached hydrogens (tertiary/aromatic N) is 1. The largest absolute Gasteiger partial charge is 0.482 e. The molecule has 1 N–H and O–H groups in total. The highest BCUT2D eigenvalue weighted by atomic mass is 35.5. The molecule has 0 radical (unpaired) electrons. The number of aliphatic carboxylic acids is 1. The maximum Gasteiger partial charge on any atom is 0.416 e. The van der Waals surface area contributed by atoms with Crippen molar-refractivity contribution in [2.24, 2.45) is 0 Å². The Kier molecular flexibility index (Phi) is 8.32. The number of ether oxygens (including phenoxy) is 1. The molecule has 1 aliphatic rings. The molecule has 0 bridgehead atoms. The fraction of sp³-hybridized carbons (Fsp3) is 0.269. The third-order valence-electron chi connectivity index (χ3n) is 6.16. The van der Waals surface area contributed by atoms with Crippen LogP contribution in [0.3, 0.4) is 0 Å².